The molecule has 2 aromatic carbocycles. The van der Waals surface area contributed by atoms with Crippen LogP contribution in [0.5, 0.6) is 0 Å². The van der Waals surface area contributed by atoms with Crippen molar-refractivity contribution in [1.29, 1.82) is 0 Å². The number of amides is 1. The maximum Gasteiger partial charge on any atom is 0.255 e. The van der Waals surface area contributed by atoms with Crippen LogP contribution in [0.15, 0.2) is 43.7 Å². The predicted octanol–water partition coefficient (Wildman–Crippen LogP) is 5.46. The van der Waals surface area contributed by atoms with Gasteiger partial charge in [0.15, 0.2) is 0 Å². The second-order valence-corrected chi connectivity index (χ2v) is 6.97. The highest BCUT2D eigenvalue weighted by atomic mass is 79.9. The van der Waals surface area contributed by atoms with E-state index in [0.717, 1.165) is 4.47 Å². The van der Waals surface area contributed by atoms with Crippen LogP contribution in [0.1, 0.15) is 10.4 Å². The van der Waals surface area contributed by atoms with Gasteiger partial charge >= 0.3 is 0 Å². The lowest BCUT2D eigenvalue weighted by Gasteiger charge is -2.11. The highest BCUT2D eigenvalue weighted by Gasteiger charge is 2.13. The Labute approximate surface area is 146 Å². The van der Waals surface area contributed by atoms with Crippen molar-refractivity contribution in [2.24, 2.45) is 0 Å². The van der Waals surface area contributed by atoms with Crippen molar-refractivity contribution < 1.29 is 4.79 Å². The highest BCUT2D eigenvalue weighted by molar-refractivity contribution is 9.11. The van der Waals surface area contributed by atoms with Crippen LogP contribution < -0.4 is 11.1 Å². The molecule has 0 fully saturated rings. The standard InChI is InChI=1S/C13H8Br3ClN2O/c14-7-4-9(16)12(11(18)5-7)19-13(20)6-1-2-10(17)8(15)3-6/h1-5H,18H2,(H,19,20). The molecule has 0 saturated heterocycles. The van der Waals surface area contributed by atoms with Crippen LogP contribution in [0.25, 0.3) is 0 Å². The normalized spacial score (nSPS) is 10.4. The van der Waals surface area contributed by atoms with Gasteiger partial charge in [-0.1, -0.05) is 27.5 Å². The van der Waals surface area contributed by atoms with E-state index in [0.29, 0.717) is 30.9 Å². The molecule has 3 N–H and O–H groups in total. The van der Waals surface area contributed by atoms with E-state index >= 15 is 0 Å². The predicted molar refractivity (Wildman–Crippen MR) is 93.4 cm³/mol. The van der Waals surface area contributed by atoms with Gasteiger partial charge in [0, 0.05) is 19.0 Å². The summed E-state index contributed by atoms with van der Waals surface area (Å²) in [6.07, 6.45) is 0. The molecule has 0 aliphatic rings. The van der Waals surface area contributed by atoms with Gasteiger partial charge in [0.25, 0.3) is 5.91 Å². The summed E-state index contributed by atoms with van der Waals surface area (Å²) in [6.45, 7) is 0. The zero-order valence-corrected chi connectivity index (χ0v) is 15.4. The van der Waals surface area contributed by atoms with Crippen LogP contribution in [-0.4, -0.2) is 5.91 Å². The lowest BCUT2D eigenvalue weighted by atomic mass is 10.2. The zero-order chi connectivity index (χ0) is 14.9. The van der Waals surface area contributed by atoms with Gasteiger partial charge in [0.05, 0.1) is 16.4 Å². The smallest absolute Gasteiger partial charge is 0.255 e. The second-order valence-electron chi connectivity index (χ2n) is 3.93. The van der Waals surface area contributed by atoms with Crippen molar-refractivity contribution in [2.75, 3.05) is 11.1 Å². The quantitative estimate of drug-likeness (QED) is 0.558. The monoisotopic (exact) mass is 480 g/mol. The molecule has 20 heavy (non-hydrogen) atoms. The van der Waals surface area contributed by atoms with E-state index in [1.807, 2.05) is 6.07 Å². The lowest BCUT2D eigenvalue weighted by Crippen LogP contribution is -2.13. The molecule has 0 aliphatic heterocycles. The molecule has 104 valence electrons. The molecule has 0 heterocycles. The van der Waals surface area contributed by atoms with Crippen molar-refractivity contribution in [3.05, 3.63) is 54.3 Å². The summed E-state index contributed by atoms with van der Waals surface area (Å²) in [4.78, 5) is 12.2. The maximum atomic E-state index is 12.2. The van der Waals surface area contributed by atoms with Crippen LogP contribution in [0, 0.1) is 0 Å². The van der Waals surface area contributed by atoms with Gasteiger partial charge in [0.1, 0.15) is 0 Å². The summed E-state index contributed by atoms with van der Waals surface area (Å²) in [7, 11) is 0. The average Bonchev–Trinajstić information content (AvgIpc) is 2.36. The minimum atomic E-state index is -0.267. The number of nitrogens with two attached hydrogens (primary N) is 1. The zero-order valence-electron chi connectivity index (χ0n) is 9.88. The highest BCUT2D eigenvalue weighted by Crippen LogP contribution is 2.33. The Hall–Kier alpha value is -0.560. The van der Waals surface area contributed by atoms with Gasteiger partial charge in [-0.15, -0.1) is 0 Å². The van der Waals surface area contributed by atoms with Gasteiger partial charge in [0.2, 0.25) is 0 Å². The van der Waals surface area contributed by atoms with E-state index in [4.69, 9.17) is 17.3 Å². The van der Waals surface area contributed by atoms with Gasteiger partial charge in [-0.25, -0.2) is 0 Å². The molecule has 0 atom stereocenters. The fraction of sp³-hybridized carbons (Fsp3) is 0. The Balaban J connectivity index is 2.30. The number of carbonyl (C=O) groups excluding carboxylic acids is 1. The summed E-state index contributed by atoms with van der Waals surface area (Å²) in [5.74, 6) is -0.267. The molecule has 1 amide bonds. The van der Waals surface area contributed by atoms with Crippen molar-refractivity contribution in [2.45, 2.75) is 0 Å². The second kappa shape index (κ2) is 6.47. The number of nitrogens with one attached hydrogen (secondary N) is 1. The Kier molecular flexibility index (Phi) is 5.12. The number of hydrogen-bond donors (Lipinski definition) is 2. The van der Waals surface area contributed by atoms with Crippen LogP contribution in [0.3, 0.4) is 0 Å². The number of benzene rings is 2. The van der Waals surface area contributed by atoms with Crippen LogP contribution in [0.2, 0.25) is 5.02 Å². The van der Waals surface area contributed by atoms with Gasteiger partial charge in [-0.3, -0.25) is 4.79 Å². The van der Waals surface area contributed by atoms with Crippen molar-refractivity contribution in [1.82, 2.24) is 0 Å². The van der Waals surface area contributed by atoms with E-state index < -0.39 is 0 Å². The Morgan fingerprint density at radius 2 is 1.80 bits per heavy atom. The van der Waals surface area contributed by atoms with E-state index in [1.165, 1.54) is 0 Å². The first-order valence-corrected chi connectivity index (χ1v) is 8.15. The first-order chi connectivity index (χ1) is 9.38. The maximum absolute atomic E-state index is 12.2. The molecule has 0 saturated carbocycles. The molecule has 0 radical (unpaired) electrons. The molecule has 0 spiro atoms. The Bertz CT molecular complexity index is 668. The number of halogens is 4. The number of carbonyl (C=O) groups is 1. The number of anilines is 2. The molecule has 0 unspecified atom stereocenters. The first-order valence-electron chi connectivity index (χ1n) is 5.39. The molecule has 2 aromatic rings. The summed E-state index contributed by atoms with van der Waals surface area (Å²) in [5.41, 5.74) is 7.38. The van der Waals surface area contributed by atoms with Gasteiger partial charge in [-0.05, 0) is 62.2 Å². The summed E-state index contributed by atoms with van der Waals surface area (Å²) < 4.78 is 2.19. The fourth-order valence-corrected chi connectivity index (χ4v) is 3.40. The van der Waals surface area contributed by atoms with E-state index in [9.17, 15) is 4.79 Å². The first kappa shape index (κ1) is 15.8. The number of nitrogen functional groups attached to an aromatic ring is 1. The number of rotatable bonds is 2. The molecular formula is C13H8Br3ClN2O. The summed E-state index contributed by atoms with van der Waals surface area (Å²) in [6, 6.07) is 8.48. The van der Waals surface area contributed by atoms with Gasteiger partial charge in [-0.2, -0.15) is 0 Å². The van der Waals surface area contributed by atoms with Gasteiger partial charge < -0.3 is 11.1 Å². The minimum absolute atomic E-state index is 0.267. The topological polar surface area (TPSA) is 55.1 Å². The van der Waals surface area contributed by atoms with Crippen LogP contribution in [-0.2, 0) is 0 Å². The third kappa shape index (κ3) is 3.55. The van der Waals surface area contributed by atoms with Crippen LogP contribution >= 0.6 is 59.4 Å². The van der Waals surface area contributed by atoms with Crippen molar-refractivity contribution in [3.8, 4) is 0 Å². The Morgan fingerprint density at radius 3 is 2.40 bits per heavy atom. The molecule has 2 rings (SSSR count). The molecular weight excluding hydrogens is 475 g/mol. The molecule has 3 nitrogen and oxygen atoms in total. The van der Waals surface area contributed by atoms with E-state index in [2.05, 4.69) is 53.1 Å². The number of hydrogen-bond acceptors (Lipinski definition) is 2. The van der Waals surface area contributed by atoms with Crippen LogP contribution in [0.4, 0.5) is 11.4 Å². The largest absolute Gasteiger partial charge is 0.397 e. The molecule has 7 heteroatoms. The summed E-state index contributed by atoms with van der Waals surface area (Å²) in [5, 5.41) is 3.32. The molecule has 0 bridgehead atoms. The van der Waals surface area contributed by atoms with E-state index in [1.54, 1.807) is 24.3 Å². The fourth-order valence-electron chi connectivity index (χ4n) is 1.55. The third-order valence-electron chi connectivity index (χ3n) is 2.51. The Morgan fingerprint density at radius 1 is 1.10 bits per heavy atom. The SMILES string of the molecule is Nc1cc(Br)cc(Br)c1NC(=O)c1ccc(Cl)c(Br)c1. The molecule has 0 aromatic heterocycles. The minimum Gasteiger partial charge on any atom is -0.397 e. The molecule has 0 aliphatic carbocycles. The van der Waals surface area contributed by atoms with Crippen molar-refractivity contribution in [3.63, 3.8) is 0 Å². The lowest BCUT2D eigenvalue weighted by molar-refractivity contribution is 0.102. The van der Waals surface area contributed by atoms with Crippen molar-refractivity contribution >= 4 is 76.7 Å². The van der Waals surface area contributed by atoms with E-state index in [-0.39, 0.29) is 5.91 Å². The third-order valence-corrected chi connectivity index (χ3v) is 4.80. The summed E-state index contributed by atoms with van der Waals surface area (Å²) >= 11 is 15.9. The average molecular weight is 483 g/mol.